The molecule has 18 heavy (non-hydrogen) atoms. The Morgan fingerprint density at radius 1 is 1.39 bits per heavy atom. The zero-order valence-electron chi connectivity index (χ0n) is 11.7. The summed E-state index contributed by atoms with van der Waals surface area (Å²) < 4.78 is 0. The van der Waals surface area contributed by atoms with Crippen molar-refractivity contribution in [3.8, 4) is 0 Å². The Hall–Kier alpha value is -1.42. The van der Waals surface area contributed by atoms with Crippen molar-refractivity contribution < 1.29 is 9.90 Å². The number of aliphatic hydroxyl groups is 1. The summed E-state index contributed by atoms with van der Waals surface area (Å²) in [5.74, 6) is -0.0952. The van der Waals surface area contributed by atoms with Crippen molar-refractivity contribution >= 4 is 12.0 Å². The number of aromatic nitrogens is 1. The van der Waals surface area contributed by atoms with Crippen LogP contribution in [0.15, 0.2) is 12.1 Å². The second-order valence-electron chi connectivity index (χ2n) is 3.69. The van der Waals surface area contributed by atoms with Gasteiger partial charge in [-0.1, -0.05) is 20.8 Å². The molecule has 1 aliphatic rings. The van der Waals surface area contributed by atoms with Crippen LogP contribution in [0.5, 0.6) is 0 Å². The fraction of sp³-hybridized carbons (Fsp3) is 0.571. The SMILES string of the molecule is CC.CC(C=O)c1ccc2c(n1)CCCN2.CO. The number of nitrogens with one attached hydrogen (secondary N) is 1. The number of hydrogen-bond acceptors (Lipinski definition) is 4. The number of carbonyl (C=O) groups is 1. The summed E-state index contributed by atoms with van der Waals surface area (Å²) in [6.07, 6.45) is 3.08. The topological polar surface area (TPSA) is 62.2 Å². The van der Waals surface area contributed by atoms with E-state index in [1.807, 2.05) is 32.9 Å². The molecule has 1 unspecified atom stereocenters. The second kappa shape index (κ2) is 9.59. The Kier molecular flexibility index (Phi) is 8.84. The Balaban J connectivity index is 0.000000659. The third kappa shape index (κ3) is 4.45. The first-order valence-corrected chi connectivity index (χ1v) is 6.45. The van der Waals surface area contributed by atoms with Gasteiger partial charge in [-0.25, -0.2) is 0 Å². The fourth-order valence-corrected chi connectivity index (χ4v) is 1.67. The Bertz CT molecular complexity index is 354. The monoisotopic (exact) mass is 252 g/mol. The molecule has 2 heterocycles. The van der Waals surface area contributed by atoms with Crippen LogP contribution >= 0.6 is 0 Å². The van der Waals surface area contributed by atoms with Crippen LogP contribution in [-0.4, -0.2) is 30.0 Å². The van der Waals surface area contributed by atoms with E-state index in [1.165, 1.54) is 0 Å². The highest BCUT2D eigenvalue weighted by Gasteiger charge is 2.12. The fourth-order valence-electron chi connectivity index (χ4n) is 1.67. The molecule has 0 aliphatic carbocycles. The first-order chi connectivity index (χ1) is 8.81. The number of fused-ring (bicyclic) bond motifs is 1. The molecule has 0 fully saturated rings. The summed E-state index contributed by atoms with van der Waals surface area (Å²) in [6, 6.07) is 3.95. The maximum absolute atomic E-state index is 10.6. The van der Waals surface area contributed by atoms with Crippen LogP contribution in [0.4, 0.5) is 5.69 Å². The minimum absolute atomic E-state index is 0.0952. The van der Waals surface area contributed by atoms with Gasteiger partial charge in [0.15, 0.2) is 0 Å². The molecule has 4 heteroatoms. The molecule has 0 bridgehead atoms. The quantitative estimate of drug-likeness (QED) is 0.793. The van der Waals surface area contributed by atoms with Gasteiger partial charge < -0.3 is 15.2 Å². The van der Waals surface area contributed by atoms with Crippen LogP contribution in [0.1, 0.15) is 44.5 Å². The number of pyridine rings is 1. The number of anilines is 1. The minimum Gasteiger partial charge on any atom is -0.400 e. The molecule has 1 aliphatic heterocycles. The molecule has 102 valence electrons. The largest absolute Gasteiger partial charge is 0.400 e. The van der Waals surface area contributed by atoms with Crippen LogP contribution in [0.25, 0.3) is 0 Å². The molecule has 4 nitrogen and oxygen atoms in total. The summed E-state index contributed by atoms with van der Waals surface area (Å²) in [5.41, 5.74) is 3.10. The number of hydrogen-bond donors (Lipinski definition) is 2. The number of nitrogens with zero attached hydrogens (tertiary/aromatic N) is 1. The second-order valence-corrected chi connectivity index (χ2v) is 3.69. The van der Waals surface area contributed by atoms with Gasteiger partial charge in [-0.3, -0.25) is 4.98 Å². The predicted octanol–water partition coefficient (Wildman–Crippen LogP) is 2.38. The number of aldehydes is 1. The van der Waals surface area contributed by atoms with Crippen LogP contribution in [0.2, 0.25) is 0 Å². The van der Waals surface area contributed by atoms with Crippen molar-refractivity contribution in [1.82, 2.24) is 4.98 Å². The van der Waals surface area contributed by atoms with E-state index < -0.39 is 0 Å². The van der Waals surface area contributed by atoms with Gasteiger partial charge in [0.2, 0.25) is 0 Å². The summed E-state index contributed by atoms with van der Waals surface area (Å²) in [5, 5.41) is 10.3. The van der Waals surface area contributed by atoms with Gasteiger partial charge in [-0.15, -0.1) is 0 Å². The first kappa shape index (κ1) is 16.6. The highest BCUT2D eigenvalue weighted by Crippen LogP contribution is 2.22. The lowest BCUT2D eigenvalue weighted by Gasteiger charge is -2.18. The lowest BCUT2D eigenvalue weighted by Crippen LogP contribution is -2.14. The summed E-state index contributed by atoms with van der Waals surface area (Å²) >= 11 is 0. The minimum atomic E-state index is -0.0952. The molecule has 1 atom stereocenters. The Labute approximate surface area is 109 Å². The van der Waals surface area contributed by atoms with E-state index in [4.69, 9.17) is 5.11 Å². The highest BCUT2D eigenvalue weighted by atomic mass is 16.2. The zero-order valence-corrected chi connectivity index (χ0v) is 11.7. The van der Waals surface area contributed by atoms with Crippen molar-refractivity contribution in [2.75, 3.05) is 19.0 Å². The third-order valence-electron chi connectivity index (χ3n) is 2.57. The molecule has 0 saturated heterocycles. The van der Waals surface area contributed by atoms with Gasteiger partial charge in [-0.05, 0) is 25.0 Å². The highest BCUT2D eigenvalue weighted by molar-refractivity contribution is 5.61. The van der Waals surface area contributed by atoms with Crippen LogP contribution in [0.3, 0.4) is 0 Å². The van der Waals surface area contributed by atoms with E-state index in [9.17, 15) is 4.79 Å². The predicted molar refractivity (Wildman–Crippen MR) is 75.0 cm³/mol. The van der Waals surface area contributed by atoms with Crippen molar-refractivity contribution in [2.24, 2.45) is 0 Å². The van der Waals surface area contributed by atoms with Gasteiger partial charge in [0, 0.05) is 13.7 Å². The average molecular weight is 252 g/mol. The molecule has 1 aromatic heterocycles. The van der Waals surface area contributed by atoms with Gasteiger partial charge in [0.25, 0.3) is 0 Å². The Morgan fingerprint density at radius 3 is 2.67 bits per heavy atom. The van der Waals surface area contributed by atoms with Crippen molar-refractivity contribution in [3.63, 3.8) is 0 Å². The molecule has 0 spiro atoms. The molecule has 0 saturated carbocycles. The van der Waals surface area contributed by atoms with Crippen molar-refractivity contribution in [2.45, 2.75) is 39.5 Å². The maximum atomic E-state index is 10.6. The average Bonchev–Trinajstić information content (AvgIpc) is 2.50. The molecule has 2 N–H and O–H groups in total. The van der Waals surface area contributed by atoms with E-state index in [0.29, 0.717) is 0 Å². The summed E-state index contributed by atoms with van der Waals surface area (Å²) in [6.45, 7) is 6.90. The number of aliphatic hydroxyl groups excluding tert-OH is 1. The van der Waals surface area contributed by atoms with E-state index in [1.54, 1.807) is 0 Å². The molecule has 2 rings (SSSR count). The standard InChI is InChI=1S/C11H14N2O.C2H6.CH4O/c1-8(7-14)9-4-5-10-11(13-9)3-2-6-12-10;2*1-2/h4-5,7-8,12H,2-3,6H2,1H3;1-2H3;2H,1H3. The molecule has 0 aromatic carbocycles. The Morgan fingerprint density at radius 2 is 2.06 bits per heavy atom. The lowest BCUT2D eigenvalue weighted by molar-refractivity contribution is -0.108. The smallest absolute Gasteiger partial charge is 0.128 e. The molecule has 0 amide bonds. The normalized spacial score (nSPS) is 13.6. The van der Waals surface area contributed by atoms with Crippen LogP contribution < -0.4 is 5.32 Å². The van der Waals surface area contributed by atoms with Gasteiger partial charge >= 0.3 is 0 Å². The number of aryl methyl sites for hydroxylation is 1. The van der Waals surface area contributed by atoms with Crippen LogP contribution in [-0.2, 0) is 11.2 Å². The maximum Gasteiger partial charge on any atom is 0.128 e. The summed E-state index contributed by atoms with van der Waals surface area (Å²) in [7, 11) is 1.00. The van der Waals surface area contributed by atoms with Gasteiger partial charge in [0.1, 0.15) is 6.29 Å². The van der Waals surface area contributed by atoms with Crippen LogP contribution in [0, 0.1) is 0 Å². The number of rotatable bonds is 2. The molecular weight excluding hydrogens is 228 g/mol. The number of carbonyl (C=O) groups excluding carboxylic acids is 1. The van der Waals surface area contributed by atoms with Crippen molar-refractivity contribution in [1.29, 1.82) is 0 Å². The molecular formula is C14H24N2O2. The van der Waals surface area contributed by atoms with Crippen molar-refractivity contribution in [3.05, 3.63) is 23.5 Å². The van der Waals surface area contributed by atoms with E-state index >= 15 is 0 Å². The lowest BCUT2D eigenvalue weighted by atomic mass is 10.1. The van der Waals surface area contributed by atoms with E-state index in [2.05, 4.69) is 10.3 Å². The molecule has 1 aromatic rings. The van der Waals surface area contributed by atoms with E-state index in [-0.39, 0.29) is 5.92 Å². The van der Waals surface area contributed by atoms with Gasteiger partial charge in [0.05, 0.1) is 23.0 Å². The van der Waals surface area contributed by atoms with E-state index in [0.717, 1.165) is 49.9 Å². The third-order valence-corrected chi connectivity index (χ3v) is 2.57. The summed E-state index contributed by atoms with van der Waals surface area (Å²) in [4.78, 5) is 15.1. The van der Waals surface area contributed by atoms with Gasteiger partial charge in [-0.2, -0.15) is 0 Å². The first-order valence-electron chi connectivity index (χ1n) is 6.45. The zero-order chi connectivity index (χ0) is 14.0. The molecule has 0 radical (unpaired) electrons.